The summed E-state index contributed by atoms with van der Waals surface area (Å²) in [4.78, 5) is 12.3. The average molecular weight is 403 g/mol. The fourth-order valence-corrected chi connectivity index (χ4v) is 3.71. The Kier molecular flexibility index (Phi) is 5.78. The second-order valence-corrected chi connectivity index (χ2v) is 7.34. The van der Waals surface area contributed by atoms with Crippen LogP contribution in [0.15, 0.2) is 47.9 Å². The highest BCUT2D eigenvalue weighted by Crippen LogP contribution is 2.30. The van der Waals surface area contributed by atoms with E-state index in [9.17, 15) is 8.42 Å². The van der Waals surface area contributed by atoms with Crippen molar-refractivity contribution in [3.05, 3.63) is 48.8 Å². The molecule has 10 heteroatoms. The third kappa shape index (κ3) is 4.22. The van der Waals surface area contributed by atoms with Crippen LogP contribution in [0.4, 0.5) is 5.82 Å². The fraction of sp³-hybridized carbons (Fsp3) is 0.278. The predicted molar refractivity (Wildman–Crippen MR) is 103 cm³/mol. The lowest BCUT2D eigenvalue weighted by Gasteiger charge is -2.14. The molecule has 0 saturated carbocycles. The van der Waals surface area contributed by atoms with Crippen LogP contribution in [0.5, 0.6) is 11.5 Å². The first-order chi connectivity index (χ1) is 13.4. The van der Waals surface area contributed by atoms with Gasteiger partial charge in [0.25, 0.3) is 10.0 Å². The summed E-state index contributed by atoms with van der Waals surface area (Å²) < 4.78 is 41.0. The standard InChI is InChI=1S/C18H21N5O4S/c1-4-26-14-6-7-16(15(10-14)27-5-2)28(24,25)22-17-11-18(21-12-20-17)23-9-8-19-13(23)3/h6-12H,4-5H2,1-3H3,(H,20,21,22). The van der Waals surface area contributed by atoms with Gasteiger partial charge >= 0.3 is 0 Å². The Morgan fingerprint density at radius 1 is 1.07 bits per heavy atom. The molecule has 2 heterocycles. The summed E-state index contributed by atoms with van der Waals surface area (Å²) in [5, 5.41) is 0. The van der Waals surface area contributed by atoms with Gasteiger partial charge in [0.15, 0.2) is 0 Å². The number of nitrogens with zero attached hydrogens (tertiary/aromatic N) is 4. The smallest absolute Gasteiger partial charge is 0.266 e. The minimum atomic E-state index is -3.94. The number of hydrogen-bond donors (Lipinski definition) is 1. The number of imidazole rings is 1. The van der Waals surface area contributed by atoms with E-state index >= 15 is 0 Å². The van der Waals surface area contributed by atoms with E-state index in [1.54, 1.807) is 36.0 Å². The molecule has 9 nitrogen and oxygen atoms in total. The Bertz CT molecular complexity index is 1070. The number of rotatable bonds is 8. The summed E-state index contributed by atoms with van der Waals surface area (Å²) in [7, 11) is -3.94. The zero-order valence-electron chi connectivity index (χ0n) is 15.8. The first-order valence-electron chi connectivity index (χ1n) is 8.69. The minimum Gasteiger partial charge on any atom is -0.494 e. The van der Waals surface area contributed by atoms with Crippen LogP contribution in [0.2, 0.25) is 0 Å². The molecular formula is C18H21N5O4S. The number of aryl methyl sites for hydroxylation is 1. The van der Waals surface area contributed by atoms with Crippen LogP contribution in [0.3, 0.4) is 0 Å². The van der Waals surface area contributed by atoms with Crippen molar-refractivity contribution in [2.24, 2.45) is 0 Å². The molecule has 0 radical (unpaired) electrons. The van der Waals surface area contributed by atoms with Gasteiger partial charge in [0.2, 0.25) is 0 Å². The first kappa shape index (κ1) is 19.6. The van der Waals surface area contributed by atoms with E-state index in [0.29, 0.717) is 24.8 Å². The number of anilines is 1. The quantitative estimate of drug-likeness (QED) is 0.616. The summed E-state index contributed by atoms with van der Waals surface area (Å²) >= 11 is 0. The summed E-state index contributed by atoms with van der Waals surface area (Å²) in [5.41, 5.74) is 0. The lowest BCUT2D eigenvalue weighted by Crippen LogP contribution is -2.16. The lowest BCUT2D eigenvalue weighted by molar-refractivity contribution is 0.317. The van der Waals surface area contributed by atoms with Crippen molar-refractivity contribution in [2.75, 3.05) is 17.9 Å². The van der Waals surface area contributed by atoms with Crippen molar-refractivity contribution in [3.8, 4) is 17.3 Å². The van der Waals surface area contributed by atoms with Gasteiger partial charge in [0.05, 0.1) is 13.2 Å². The molecule has 0 fully saturated rings. The predicted octanol–water partition coefficient (Wildman–Crippen LogP) is 2.57. The molecule has 148 valence electrons. The molecule has 0 amide bonds. The SMILES string of the molecule is CCOc1ccc(S(=O)(=O)Nc2cc(-n3ccnc3C)ncn2)c(OCC)c1. The fourth-order valence-electron chi connectivity index (χ4n) is 2.58. The maximum Gasteiger partial charge on any atom is 0.266 e. The van der Waals surface area contributed by atoms with Gasteiger partial charge in [-0.2, -0.15) is 0 Å². The molecule has 0 bridgehead atoms. The highest BCUT2D eigenvalue weighted by Gasteiger charge is 2.21. The molecule has 0 saturated heterocycles. The lowest BCUT2D eigenvalue weighted by atomic mass is 10.3. The van der Waals surface area contributed by atoms with Crippen LogP contribution >= 0.6 is 0 Å². The number of hydrogen-bond acceptors (Lipinski definition) is 7. The van der Waals surface area contributed by atoms with E-state index < -0.39 is 10.0 Å². The van der Waals surface area contributed by atoms with Crippen molar-refractivity contribution in [3.63, 3.8) is 0 Å². The van der Waals surface area contributed by atoms with Crippen LogP contribution < -0.4 is 14.2 Å². The summed E-state index contributed by atoms with van der Waals surface area (Å²) in [6.45, 7) is 6.23. The van der Waals surface area contributed by atoms with Crippen LogP contribution in [0.25, 0.3) is 5.82 Å². The zero-order valence-corrected chi connectivity index (χ0v) is 16.6. The second kappa shape index (κ2) is 8.26. The topological polar surface area (TPSA) is 108 Å². The Balaban J connectivity index is 1.93. The maximum atomic E-state index is 12.9. The van der Waals surface area contributed by atoms with Crippen molar-refractivity contribution < 1.29 is 17.9 Å². The Morgan fingerprint density at radius 3 is 2.54 bits per heavy atom. The van der Waals surface area contributed by atoms with E-state index in [0.717, 1.165) is 5.82 Å². The highest BCUT2D eigenvalue weighted by atomic mass is 32.2. The molecule has 0 aliphatic rings. The van der Waals surface area contributed by atoms with Crippen LogP contribution in [-0.4, -0.2) is 41.2 Å². The van der Waals surface area contributed by atoms with E-state index in [2.05, 4.69) is 19.7 Å². The van der Waals surface area contributed by atoms with E-state index in [1.807, 2.05) is 13.8 Å². The van der Waals surface area contributed by atoms with Crippen molar-refractivity contribution in [1.29, 1.82) is 0 Å². The minimum absolute atomic E-state index is 0.00298. The molecule has 3 rings (SSSR count). The van der Waals surface area contributed by atoms with Gasteiger partial charge in [-0.15, -0.1) is 0 Å². The molecule has 1 aromatic carbocycles. The molecule has 1 N–H and O–H groups in total. The van der Waals surface area contributed by atoms with Gasteiger partial charge < -0.3 is 9.47 Å². The molecule has 0 unspecified atom stereocenters. The van der Waals surface area contributed by atoms with Gasteiger partial charge in [-0.1, -0.05) is 0 Å². The first-order valence-corrected chi connectivity index (χ1v) is 10.2. The largest absolute Gasteiger partial charge is 0.494 e. The number of aromatic nitrogens is 4. The number of ether oxygens (including phenoxy) is 2. The van der Waals surface area contributed by atoms with E-state index in [1.165, 1.54) is 18.5 Å². The van der Waals surface area contributed by atoms with Crippen LogP contribution in [0.1, 0.15) is 19.7 Å². The van der Waals surface area contributed by atoms with Gasteiger partial charge in [0.1, 0.15) is 40.2 Å². The molecule has 2 aromatic heterocycles. The van der Waals surface area contributed by atoms with Gasteiger partial charge in [0, 0.05) is 24.5 Å². The van der Waals surface area contributed by atoms with Crippen LogP contribution in [-0.2, 0) is 10.0 Å². The number of sulfonamides is 1. The molecule has 0 spiro atoms. The Morgan fingerprint density at radius 2 is 1.86 bits per heavy atom. The molecule has 28 heavy (non-hydrogen) atoms. The molecule has 0 atom stereocenters. The summed E-state index contributed by atoms with van der Waals surface area (Å²) in [5.74, 6) is 2.09. The van der Waals surface area contributed by atoms with E-state index in [4.69, 9.17) is 9.47 Å². The zero-order chi connectivity index (χ0) is 20.1. The van der Waals surface area contributed by atoms with Crippen molar-refractivity contribution in [1.82, 2.24) is 19.5 Å². The third-order valence-electron chi connectivity index (χ3n) is 3.78. The maximum absolute atomic E-state index is 12.9. The van der Waals surface area contributed by atoms with Crippen molar-refractivity contribution >= 4 is 15.8 Å². The van der Waals surface area contributed by atoms with Gasteiger partial charge in [-0.25, -0.2) is 23.4 Å². The van der Waals surface area contributed by atoms with Crippen molar-refractivity contribution in [2.45, 2.75) is 25.7 Å². The number of benzene rings is 1. The molecule has 0 aliphatic carbocycles. The van der Waals surface area contributed by atoms with Gasteiger partial charge in [-0.3, -0.25) is 9.29 Å². The normalized spacial score (nSPS) is 11.2. The van der Waals surface area contributed by atoms with Crippen LogP contribution in [0, 0.1) is 6.92 Å². The second-order valence-electron chi connectivity index (χ2n) is 5.69. The molecular weight excluding hydrogens is 382 g/mol. The molecule has 0 aliphatic heterocycles. The van der Waals surface area contributed by atoms with Gasteiger partial charge in [-0.05, 0) is 32.9 Å². The highest BCUT2D eigenvalue weighted by molar-refractivity contribution is 7.92. The van der Waals surface area contributed by atoms with E-state index in [-0.39, 0.29) is 16.5 Å². The number of nitrogens with one attached hydrogen (secondary N) is 1. The Hall–Kier alpha value is -3.14. The summed E-state index contributed by atoms with van der Waals surface area (Å²) in [6.07, 6.45) is 4.65. The monoisotopic (exact) mass is 403 g/mol. The average Bonchev–Trinajstić information content (AvgIpc) is 3.08. The third-order valence-corrected chi connectivity index (χ3v) is 5.17. The summed E-state index contributed by atoms with van der Waals surface area (Å²) in [6, 6.07) is 6.12. The Labute approximate surface area is 163 Å². The molecule has 3 aromatic rings.